The second kappa shape index (κ2) is 4.49. The first-order valence-corrected chi connectivity index (χ1v) is 5.88. The first kappa shape index (κ1) is 10.2. The Bertz CT molecular complexity index is 355. The molecule has 3 nitrogen and oxygen atoms in total. The number of thiophene rings is 1. The summed E-state index contributed by atoms with van der Waals surface area (Å²) in [6.07, 6.45) is 5.25. The molecule has 0 atom stereocenters. The second-order valence-electron chi connectivity index (χ2n) is 3.69. The van der Waals surface area contributed by atoms with Crippen LogP contribution in [0.2, 0.25) is 0 Å². The van der Waals surface area contributed by atoms with Gasteiger partial charge >= 0.3 is 5.97 Å². The third-order valence-electron chi connectivity index (χ3n) is 2.37. The van der Waals surface area contributed by atoms with Gasteiger partial charge in [0, 0.05) is 24.9 Å². The minimum atomic E-state index is -0.883. The van der Waals surface area contributed by atoms with Crippen LogP contribution < -0.4 is 0 Å². The van der Waals surface area contributed by atoms with Crippen molar-refractivity contribution in [3.8, 4) is 0 Å². The van der Waals surface area contributed by atoms with E-state index in [4.69, 9.17) is 5.11 Å². The number of aliphatic carboxylic acids is 1. The predicted molar refractivity (Wildman–Crippen MR) is 59.7 cm³/mol. The average molecular weight is 223 g/mol. The zero-order valence-electron chi connectivity index (χ0n) is 8.30. The molecule has 0 amide bonds. The Hall–Kier alpha value is -1.29. The SMILES string of the molecule is O=C(O)C=CN(Cc1ccsc1)C1CC1. The maximum Gasteiger partial charge on any atom is 0.329 e. The number of carboxylic acids is 1. The Kier molecular flexibility index (Phi) is 3.06. The van der Waals surface area contributed by atoms with Crippen LogP contribution in [0.5, 0.6) is 0 Å². The Labute approximate surface area is 92.6 Å². The lowest BCUT2D eigenvalue weighted by Crippen LogP contribution is -2.19. The second-order valence-corrected chi connectivity index (χ2v) is 4.47. The number of rotatable bonds is 5. The summed E-state index contributed by atoms with van der Waals surface area (Å²) in [4.78, 5) is 12.5. The van der Waals surface area contributed by atoms with E-state index in [0.29, 0.717) is 6.04 Å². The van der Waals surface area contributed by atoms with Gasteiger partial charge in [-0.2, -0.15) is 11.3 Å². The summed E-state index contributed by atoms with van der Waals surface area (Å²) < 4.78 is 0. The van der Waals surface area contributed by atoms with Crippen LogP contribution in [0.1, 0.15) is 18.4 Å². The molecule has 0 unspecified atom stereocenters. The van der Waals surface area contributed by atoms with Crippen molar-refractivity contribution in [3.63, 3.8) is 0 Å². The molecule has 4 heteroatoms. The van der Waals surface area contributed by atoms with Gasteiger partial charge in [0.05, 0.1) is 0 Å². The highest BCUT2D eigenvalue weighted by Gasteiger charge is 2.26. The minimum Gasteiger partial charge on any atom is -0.478 e. The van der Waals surface area contributed by atoms with Gasteiger partial charge in [-0.15, -0.1) is 0 Å². The number of carbonyl (C=O) groups is 1. The lowest BCUT2D eigenvalue weighted by molar-refractivity contribution is -0.131. The highest BCUT2D eigenvalue weighted by atomic mass is 32.1. The molecule has 1 fully saturated rings. The molecule has 1 aliphatic carbocycles. The molecule has 1 aromatic rings. The third kappa shape index (κ3) is 3.09. The summed E-state index contributed by atoms with van der Waals surface area (Å²) in [7, 11) is 0. The number of hydrogen-bond donors (Lipinski definition) is 1. The molecular formula is C11H13NO2S. The summed E-state index contributed by atoms with van der Waals surface area (Å²) >= 11 is 1.67. The maximum absolute atomic E-state index is 10.4. The molecule has 0 bridgehead atoms. The van der Waals surface area contributed by atoms with Gasteiger partial charge in [-0.25, -0.2) is 4.79 Å². The Balaban J connectivity index is 1.97. The van der Waals surface area contributed by atoms with Gasteiger partial charge in [-0.1, -0.05) is 0 Å². The predicted octanol–water partition coefficient (Wildman–Crippen LogP) is 2.31. The molecule has 80 valence electrons. The van der Waals surface area contributed by atoms with Crippen molar-refractivity contribution in [1.29, 1.82) is 0 Å². The summed E-state index contributed by atoms with van der Waals surface area (Å²) in [6.45, 7) is 0.817. The molecule has 0 radical (unpaired) electrons. The molecule has 1 N–H and O–H groups in total. The topological polar surface area (TPSA) is 40.5 Å². The highest BCUT2D eigenvalue weighted by molar-refractivity contribution is 7.07. The molecule has 0 spiro atoms. The van der Waals surface area contributed by atoms with Crippen LogP contribution in [-0.4, -0.2) is 22.0 Å². The van der Waals surface area contributed by atoms with Crippen LogP contribution in [0.15, 0.2) is 29.1 Å². The molecule has 15 heavy (non-hydrogen) atoms. The van der Waals surface area contributed by atoms with Gasteiger partial charge in [-0.05, 0) is 35.2 Å². The van der Waals surface area contributed by atoms with Crippen LogP contribution in [-0.2, 0) is 11.3 Å². The van der Waals surface area contributed by atoms with Crippen molar-refractivity contribution in [2.24, 2.45) is 0 Å². The van der Waals surface area contributed by atoms with Gasteiger partial charge in [0.15, 0.2) is 0 Å². The summed E-state index contributed by atoms with van der Waals surface area (Å²) in [5.74, 6) is -0.883. The quantitative estimate of drug-likeness (QED) is 0.779. The van der Waals surface area contributed by atoms with Gasteiger partial charge < -0.3 is 10.0 Å². The van der Waals surface area contributed by atoms with E-state index in [9.17, 15) is 4.79 Å². The fourth-order valence-electron chi connectivity index (χ4n) is 1.46. The van der Waals surface area contributed by atoms with Crippen molar-refractivity contribution in [2.75, 3.05) is 0 Å². The Morgan fingerprint density at radius 3 is 3.00 bits per heavy atom. The highest BCUT2D eigenvalue weighted by Crippen LogP contribution is 2.28. The van der Waals surface area contributed by atoms with Crippen LogP contribution in [0.4, 0.5) is 0 Å². The van der Waals surface area contributed by atoms with Crippen LogP contribution in [0, 0.1) is 0 Å². The molecule has 0 aromatic carbocycles. The lowest BCUT2D eigenvalue weighted by atomic mass is 10.3. The molecular weight excluding hydrogens is 210 g/mol. The summed E-state index contributed by atoms with van der Waals surface area (Å²) in [6, 6.07) is 2.62. The Morgan fingerprint density at radius 1 is 1.67 bits per heavy atom. The van der Waals surface area contributed by atoms with E-state index in [1.165, 1.54) is 24.5 Å². The van der Waals surface area contributed by atoms with Crippen LogP contribution in [0.3, 0.4) is 0 Å². The minimum absolute atomic E-state index is 0.542. The number of hydrogen-bond acceptors (Lipinski definition) is 3. The molecule has 2 rings (SSSR count). The molecule has 1 aliphatic rings. The fraction of sp³-hybridized carbons (Fsp3) is 0.364. The first-order valence-electron chi connectivity index (χ1n) is 4.93. The summed E-state index contributed by atoms with van der Waals surface area (Å²) in [5.41, 5.74) is 1.25. The van der Waals surface area contributed by atoms with E-state index < -0.39 is 5.97 Å². The zero-order valence-corrected chi connectivity index (χ0v) is 9.11. The molecule has 1 saturated carbocycles. The normalized spacial score (nSPS) is 15.7. The third-order valence-corrected chi connectivity index (χ3v) is 3.10. The fourth-order valence-corrected chi connectivity index (χ4v) is 2.12. The zero-order chi connectivity index (χ0) is 10.7. The maximum atomic E-state index is 10.4. The van der Waals surface area contributed by atoms with E-state index >= 15 is 0 Å². The van der Waals surface area contributed by atoms with Crippen molar-refractivity contribution in [3.05, 3.63) is 34.7 Å². The Morgan fingerprint density at radius 2 is 2.47 bits per heavy atom. The molecule has 1 heterocycles. The van der Waals surface area contributed by atoms with Crippen LogP contribution in [0.25, 0.3) is 0 Å². The van der Waals surface area contributed by atoms with E-state index in [-0.39, 0.29) is 0 Å². The van der Waals surface area contributed by atoms with Gasteiger partial charge in [0.25, 0.3) is 0 Å². The van der Waals surface area contributed by atoms with Crippen molar-refractivity contribution < 1.29 is 9.90 Å². The van der Waals surface area contributed by atoms with E-state index in [1.54, 1.807) is 17.5 Å². The monoisotopic (exact) mass is 223 g/mol. The van der Waals surface area contributed by atoms with Crippen LogP contribution >= 0.6 is 11.3 Å². The molecule has 0 aliphatic heterocycles. The van der Waals surface area contributed by atoms with Gasteiger partial charge in [-0.3, -0.25) is 0 Å². The first-order chi connectivity index (χ1) is 7.25. The molecule has 0 saturated heterocycles. The smallest absolute Gasteiger partial charge is 0.329 e. The van der Waals surface area contributed by atoms with Gasteiger partial charge in [0.2, 0.25) is 0 Å². The van der Waals surface area contributed by atoms with Crippen molar-refractivity contribution in [2.45, 2.75) is 25.4 Å². The van der Waals surface area contributed by atoms with E-state index in [1.807, 2.05) is 5.38 Å². The largest absolute Gasteiger partial charge is 0.478 e. The summed E-state index contributed by atoms with van der Waals surface area (Å²) in [5, 5.41) is 12.7. The number of nitrogens with zero attached hydrogens (tertiary/aromatic N) is 1. The van der Waals surface area contributed by atoms with E-state index in [2.05, 4.69) is 16.3 Å². The van der Waals surface area contributed by atoms with Gasteiger partial charge in [0.1, 0.15) is 0 Å². The standard InChI is InChI=1S/C11H13NO2S/c13-11(14)3-5-12(10-1-2-10)7-9-4-6-15-8-9/h3-6,8,10H,1-2,7H2,(H,13,14). The number of carboxylic acid groups (broad SMARTS) is 1. The molecule has 1 aromatic heterocycles. The average Bonchev–Trinajstić information content (AvgIpc) is 2.91. The van der Waals surface area contributed by atoms with Crippen molar-refractivity contribution >= 4 is 17.3 Å². The lowest BCUT2D eigenvalue weighted by Gasteiger charge is -2.18. The van der Waals surface area contributed by atoms with E-state index in [0.717, 1.165) is 6.54 Å². The van der Waals surface area contributed by atoms with Crippen molar-refractivity contribution in [1.82, 2.24) is 4.90 Å².